The number of Topliss-reactive ketones (excluding diaryl/α,β-unsaturated/α-hetero) is 1. The number of aliphatic hydroxyl groups is 1. The van der Waals surface area contributed by atoms with Crippen molar-refractivity contribution in [1.29, 1.82) is 0 Å². The van der Waals surface area contributed by atoms with E-state index in [2.05, 4.69) is 0 Å². The van der Waals surface area contributed by atoms with Crippen LogP contribution in [0.1, 0.15) is 22.3 Å². The lowest BCUT2D eigenvalue weighted by atomic mass is 10.0. The molecule has 0 saturated carbocycles. The van der Waals surface area contributed by atoms with Gasteiger partial charge < -0.3 is 9.84 Å². The molecule has 0 aliphatic heterocycles. The first-order valence-electron chi connectivity index (χ1n) is 6.76. The van der Waals surface area contributed by atoms with Crippen molar-refractivity contribution in [3.63, 3.8) is 0 Å². The number of hydrogen-bond donors (Lipinski definition) is 1. The summed E-state index contributed by atoms with van der Waals surface area (Å²) in [7, 11) is 0. The molecular weight excluding hydrogens is 271 g/mol. The first kappa shape index (κ1) is 15.4. The van der Waals surface area contributed by atoms with Crippen molar-refractivity contribution >= 4 is 5.78 Å². The maximum atomic E-state index is 13.0. The van der Waals surface area contributed by atoms with E-state index in [1.54, 1.807) is 0 Å². The predicted molar refractivity (Wildman–Crippen MR) is 77.5 cm³/mol. The number of rotatable bonds is 7. The molecule has 110 valence electrons. The van der Waals surface area contributed by atoms with Crippen LogP contribution in [0.5, 0.6) is 0 Å². The van der Waals surface area contributed by atoms with Crippen LogP contribution in [-0.4, -0.2) is 23.6 Å². The lowest BCUT2D eigenvalue weighted by molar-refractivity contribution is 0.0554. The second kappa shape index (κ2) is 7.67. The quantitative estimate of drug-likeness (QED) is 0.629. The first-order valence-corrected chi connectivity index (χ1v) is 6.76. The Morgan fingerprint density at radius 1 is 1.14 bits per heavy atom. The molecule has 0 spiro atoms. The van der Waals surface area contributed by atoms with E-state index in [1.165, 1.54) is 18.2 Å². The third kappa shape index (κ3) is 4.77. The van der Waals surface area contributed by atoms with Gasteiger partial charge in [0.2, 0.25) is 0 Å². The lowest BCUT2D eigenvalue weighted by Gasteiger charge is -2.10. The fourth-order valence-corrected chi connectivity index (χ4v) is 1.92. The fourth-order valence-electron chi connectivity index (χ4n) is 1.92. The van der Waals surface area contributed by atoms with E-state index >= 15 is 0 Å². The average molecular weight is 288 g/mol. The molecule has 1 N–H and O–H groups in total. The van der Waals surface area contributed by atoms with Gasteiger partial charge in [0.05, 0.1) is 6.61 Å². The predicted octanol–water partition coefficient (Wildman–Crippen LogP) is 2.98. The topological polar surface area (TPSA) is 46.5 Å². The zero-order valence-corrected chi connectivity index (χ0v) is 11.5. The van der Waals surface area contributed by atoms with Crippen LogP contribution in [0.2, 0.25) is 0 Å². The van der Waals surface area contributed by atoms with Gasteiger partial charge in [-0.3, -0.25) is 4.79 Å². The number of carbonyl (C=O) groups is 1. The average Bonchev–Trinajstić information content (AvgIpc) is 2.51. The molecule has 1 unspecified atom stereocenters. The molecule has 0 heterocycles. The minimum absolute atomic E-state index is 0.172. The molecule has 3 nitrogen and oxygen atoms in total. The van der Waals surface area contributed by atoms with Crippen LogP contribution in [0.15, 0.2) is 54.6 Å². The highest BCUT2D eigenvalue weighted by molar-refractivity contribution is 5.99. The van der Waals surface area contributed by atoms with Gasteiger partial charge in [0, 0.05) is 18.6 Å². The minimum Gasteiger partial charge on any atom is -0.385 e. The van der Waals surface area contributed by atoms with Gasteiger partial charge in [-0.05, 0) is 17.7 Å². The summed E-state index contributed by atoms with van der Waals surface area (Å²) in [5.74, 6) is -0.980. The zero-order chi connectivity index (χ0) is 15.1. The van der Waals surface area contributed by atoms with Gasteiger partial charge in [-0.25, -0.2) is 4.39 Å². The Hall–Kier alpha value is -2.04. The zero-order valence-electron chi connectivity index (χ0n) is 11.5. The van der Waals surface area contributed by atoms with Gasteiger partial charge in [-0.2, -0.15) is 0 Å². The van der Waals surface area contributed by atoms with Gasteiger partial charge in [0.25, 0.3) is 0 Å². The molecule has 0 amide bonds. The van der Waals surface area contributed by atoms with E-state index in [9.17, 15) is 14.3 Å². The number of aliphatic hydroxyl groups excluding tert-OH is 1. The van der Waals surface area contributed by atoms with E-state index < -0.39 is 17.7 Å². The third-order valence-electron chi connectivity index (χ3n) is 3.06. The summed E-state index contributed by atoms with van der Waals surface area (Å²) in [4.78, 5) is 11.9. The lowest BCUT2D eigenvalue weighted by Crippen LogP contribution is -2.22. The number of ether oxygens (including phenoxy) is 1. The molecule has 4 heteroatoms. The summed E-state index contributed by atoms with van der Waals surface area (Å²) in [6.45, 7) is 0.693. The van der Waals surface area contributed by atoms with E-state index in [4.69, 9.17) is 4.74 Å². The standard InChI is InChI=1S/C17H17FO3/c18-15-8-4-7-14(11-15)17(20)16(19)9-10-21-12-13-5-2-1-3-6-13/h1-8,11,16,19H,9-10,12H2. The van der Waals surface area contributed by atoms with Crippen LogP contribution in [0, 0.1) is 5.82 Å². The molecule has 1 atom stereocenters. The van der Waals surface area contributed by atoms with Crippen molar-refractivity contribution in [2.24, 2.45) is 0 Å². The van der Waals surface area contributed by atoms with Gasteiger partial charge in [-0.1, -0.05) is 42.5 Å². The number of ketones is 1. The highest BCUT2D eigenvalue weighted by atomic mass is 19.1. The second-order valence-electron chi connectivity index (χ2n) is 4.72. The summed E-state index contributed by atoms with van der Waals surface area (Å²) in [5, 5.41) is 9.81. The SMILES string of the molecule is O=C(c1cccc(F)c1)C(O)CCOCc1ccccc1. The maximum Gasteiger partial charge on any atom is 0.191 e. The van der Waals surface area contributed by atoms with E-state index in [-0.39, 0.29) is 18.6 Å². The van der Waals surface area contributed by atoms with Crippen LogP contribution in [0.25, 0.3) is 0 Å². The number of hydrogen-bond acceptors (Lipinski definition) is 3. The molecular formula is C17H17FO3. The van der Waals surface area contributed by atoms with Crippen LogP contribution in [-0.2, 0) is 11.3 Å². The summed E-state index contributed by atoms with van der Waals surface area (Å²) >= 11 is 0. The number of halogens is 1. The van der Waals surface area contributed by atoms with Crippen molar-refractivity contribution in [2.45, 2.75) is 19.1 Å². The molecule has 0 aromatic heterocycles. The molecule has 21 heavy (non-hydrogen) atoms. The highest BCUT2D eigenvalue weighted by Crippen LogP contribution is 2.09. The Morgan fingerprint density at radius 2 is 1.90 bits per heavy atom. The van der Waals surface area contributed by atoms with Crippen molar-refractivity contribution in [1.82, 2.24) is 0 Å². The van der Waals surface area contributed by atoms with Crippen molar-refractivity contribution in [2.75, 3.05) is 6.61 Å². The van der Waals surface area contributed by atoms with Crippen molar-refractivity contribution < 1.29 is 19.0 Å². The summed E-state index contributed by atoms with van der Waals surface area (Å²) < 4.78 is 18.4. The molecule has 2 aromatic carbocycles. The number of carbonyl (C=O) groups excluding carboxylic acids is 1. The van der Waals surface area contributed by atoms with E-state index in [0.717, 1.165) is 11.6 Å². The Morgan fingerprint density at radius 3 is 2.62 bits per heavy atom. The molecule has 0 fully saturated rings. The molecule has 0 aliphatic rings. The van der Waals surface area contributed by atoms with Crippen LogP contribution in [0.4, 0.5) is 4.39 Å². The summed E-state index contributed by atoms with van der Waals surface area (Å²) in [6, 6.07) is 14.9. The Balaban J connectivity index is 1.76. The number of benzene rings is 2. The van der Waals surface area contributed by atoms with Crippen LogP contribution in [0.3, 0.4) is 0 Å². The molecule has 0 saturated heterocycles. The molecule has 2 rings (SSSR count). The van der Waals surface area contributed by atoms with Crippen LogP contribution >= 0.6 is 0 Å². The minimum atomic E-state index is -1.18. The van der Waals surface area contributed by atoms with Gasteiger partial charge in [0.1, 0.15) is 11.9 Å². The molecule has 0 bridgehead atoms. The first-order chi connectivity index (χ1) is 10.2. The van der Waals surface area contributed by atoms with Gasteiger partial charge >= 0.3 is 0 Å². The molecule has 0 aliphatic carbocycles. The fraction of sp³-hybridized carbons (Fsp3) is 0.235. The van der Waals surface area contributed by atoms with Crippen molar-refractivity contribution in [3.8, 4) is 0 Å². The highest BCUT2D eigenvalue weighted by Gasteiger charge is 2.17. The van der Waals surface area contributed by atoms with Gasteiger partial charge in [0.15, 0.2) is 5.78 Å². The smallest absolute Gasteiger partial charge is 0.191 e. The Bertz CT molecular complexity index is 584. The normalized spacial score (nSPS) is 12.1. The van der Waals surface area contributed by atoms with Crippen molar-refractivity contribution in [3.05, 3.63) is 71.5 Å². The van der Waals surface area contributed by atoms with Crippen LogP contribution < -0.4 is 0 Å². The Labute approximate surface area is 123 Å². The van der Waals surface area contributed by atoms with Gasteiger partial charge in [-0.15, -0.1) is 0 Å². The molecule has 2 aromatic rings. The second-order valence-corrected chi connectivity index (χ2v) is 4.72. The largest absolute Gasteiger partial charge is 0.385 e. The third-order valence-corrected chi connectivity index (χ3v) is 3.06. The molecule has 0 radical (unpaired) electrons. The van der Waals surface area contributed by atoms with E-state index in [0.29, 0.717) is 6.61 Å². The summed E-state index contributed by atoms with van der Waals surface area (Å²) in [5.41, 5.74) is 1.20. The Kier molecular flexibility index (Phi) is 5.60. The summed E-state index contributed by atoms with van der Waals surface area (Å²) in [6.07, 6.45) is -0.995. The monoisotopic (exact) mass is 288 g/mol. The van der Waals surface area contributed by atoms with E-state index in [1.807, 2.05) is 30.3 Å². The maximum absolute atomic E-state index is 13.0.